The number of hydrogen-bond acceptors (Lipinski definition) is 1. The summed E-state index contributed by atoms with van der Waals surface area (Å²) in [5.74, 6) is 0.523. The first kappa shape index (κ1) is 8.57. The van der Waals surface area contributed by atoms with E-state index in [1.165, 1.54) is 0 Å². The van der Waals surface area contributed by atoms with Gasteiger partial charge in [-0.15, -0.1) is 0 Å². The molecule has 1 atom stereocenters. The van der Waals surface area contributed by atoms with Crippen LogP contribution in [0.25, 0.3) is 0 Å². The highest BCUT2D eigenvalue weighted by atomic mass is 16.2. The first-order valence-electron chi connectivity index (χ1n) is 4.27. The molecular formula is C9H17NO. The molecule has 0 spiro atoms. The fraction of sp³-hybridized carbons (Fsp3) is 0.889. The van der Waals surface area contributed by atoms with E-state index in [-0.39, 0.29) is 17.2 Å². The molecule has 1 rings (SSSR count). The minimum atomic E-state index is 0.250. The second-order valence-electron chi connectivity index (χ2n) is 4.54. The van der Waals surface area contributed by atoms with Crippen LogP contribution in [0.15, 0.2) is 0 Å². The van der Waals surface area contributed by atoms with Gasteiger partial charge in [-0.2, -0.15) is 0 Å². The van der Waals surface area contributed by atoms with Crippen molar-refractivity contribution in [1.29, 1.82) is 0 Å². The smallest absolute Gasteiger partial charge is 0.223 e. The number of hydrogen-bond donors (Lipinski definition) is 1. The molecule has 0 unspecified atom stereocenters. The molecule has 1 saturated heterocycles. The molecule has 1 aliphatic rings. The van der Waals surface area contributed by atoms with Gasteiger partial charge in [0.1, 0.15) is 0 Å². The molecule has 1 fully saturated rings. The minimum absolute atomic E-state index is 0.250. The third-order valence-electron chi connectivity index (χ3n) is 2.02. The van der Waals surface area contributed by atoms with Crippen LogP contribution in [0.3, 0.4) is 0 Å². The summed E-state index contributed by atoms with van der Waals surface area (Å²) in [5.41, 5.74) is 0.284. The molecule has 0 aromatic rings. The van der Waals surface area contributed by atoms with E-state index in [0.29, 0.717) is 0 Å². The normalized spacial score (nSPS) is 25.4. The van der Waals surface area contributed by atoms with Crippen LogP contribution in [0, 0.1) is 11.3 Å². The molecule has 1 aliphatic heterocycles. The highest BCUT2D eigenvalue weighted by Crippen LogP contribution is 2.27. The molecule has 1 amide bonds. The lowest BCUT2D eigenvalue weighted by molar-refractivity contribution is -0.123. The Hall–Kier alpha value is -0.530. The van der Waals surface area contributed by atoms with E-state index in [1.54, 1.807) is 0 Å². The third kappa shape index (κ3) is 2.52. The van der Waals surface area contributed by atoms with Crippen LogP contribution in [-0.2, 0) is 4.79 Å². The van der Waals surface area contributed by atoms with E-state index in [2.05, 4.69) is 26.1 Å². The van der Waals surface area contributed by atoms with Crippen molar-refractivity contribution in [2.75, 3.05) is 6.54 Å². The number of carbonyl (C=O) groups is 1. The lowest BCUT2D eigenvalue weighted by Crippen LogP contribution is -2.22. The van der Waals surface area contributed by atoms with Crippen molar-refractivity contribution >= 4 is 5.91 Å². The van der Waals surface area contributed by atoms with Gasteiger partial charge >= 0.3 is 0 Å². The van der Waals surface area contributed by atoms with Gasteiger partial charge in [0, 0.05) is 12.5 Å². The van der Waals surface area contributed by atoms with E-state index in [1.807, 2.05) is 0 Å². The van der Waals surface area contributed by atoms with Gasteiger partial charge in [-0.3, -0.25) is 4.79 Å². The van der Waals surface area contributed by atoms with Gasteiger partial charge in [0.15, 0.2) is 0 Å². The summed E-state index contributed by atoms with van der Waals surface area (Å²) in [4.78, 5) is 11.1. The Morgan fingerprint density at radius 3 is 2.55 bits per heavy atom. The summed E-state index contributed by atoms with van der Waals surface area (Å²) in [6, 6.07) is 0. The number of nitrogens with one attached hydrogen (secondary N) is 1. The number of carbonyl (C=O) groups excluding carboxylic acids is 1. The Kier molecular flexibility index (Phi) is 2.21. The zero-order chi connectivity index (χ0) is 8.48. The molecule has 2 nitrogen and oxygen atoms in total. The number of amides is 1. The summed E-state index contributed by atoms with van der Waals surface area (Å²) in [5, 5.41) is 2.85. The van der Waals surface area contributed by atoms with Crippen molar-refractivity contribution < 1.29 is 4.79 Å². The van der Waals surface area contributed by atoms with E-state index < -0.39 is 0 Å². The first-order chi connectivity index (χ1) is 4.99. The van der Waals surface area contributed by atoms with Crippen LogP contribution in [0.2, 0.25) is 0 Å². The summed E-state index contributed by atoms with van der Waals surface area (Å²) in [6.45, 7) is 7.41. The molecular weight excluding hydrogens is 138 g/mol. The molecule has 1 heterocycles. The lowest BCUT2D eigenvalue weighted by atomic mass is 9.84. The van der Waals surface area contributed by atoms with Crippen molar-refractivity contribution in [2.45, 2.75) is 33.6 Å². The molecule has 2 heteroatoms. The maximum absolute atomic E-state index is 11.1. The molecule has 0 bridgehead atoms. The Labute approximate surface area is 68.4 Å². The highest BCUT2D eigenvalue weighted by Gasteiger charge is 2.28. The van der Waals surface area contributed by atoms with Crippen LogP contribution < -0.4 is 5.32 Å². The standard InChI is InChI=1S/C9H17NO/c1-9(2,3)6-7-4-5-10-8(7)11/h7H,4-6H2,1-3H3,(H,10,11)/t7-/m0/s1. The second-order valence-corrected chi connectivity index (χ2v) is 4.54. The van der Waals surface area contributed by atoms with Crippen LogP contribution >= 0.6 is 0 Å². The van der Waals surface area contributed by atoms with Crippen LogP contribution in [0.5, 0.6) is 0 Å². The van der Waals surface area contributed by atoms with Crippen molar-refractivity contribution in [2.24, 2.45) is 11.3 Å². The Bertz CT molecular complexity index is 157. The van der Waals surface area contributed by atoms with Crippen molar-refractivity contribution in [3.05, 3.63) is 0 Å². The van der Waals surface area contributed by atoms with E-state index in [9.17, 15) is 4.79 Å². The summed E-state index contributed by atoms with van der Waals surface area (Å²) in [6.07, 6.45) is 2.04. The van der Waals surface area contributed by atoms with Crippen LogP contribution in [0.4, 0.5) is 0 Å². The van der Waals surface area contributed by atoms with Crippen LogP contribution in [0.1, 0.15) is 33.6 Å². The summed E-state index contributed by atoms with van der Waals surface area (Å²) in [7, 11) is 0. The average molecular weight is 155 g/mol. The van der Waals surface area contributed by atoms with Gasteiger partial charge in [-0.25, -0.2) is 0 Å². The monoisotopic (exact) mass is 155 g/mol. The van der Waals surface area contributed by atoms with Crippen molar-refractivity contribution in [1.82, 2.24) is 5.32 Å². The molecule has 0 aliphatic carbocycles. The third-order valence-corrected chi connectivity index (χ3v) is 2.02. The maximum Gasteiger partial charge on any atom is 0.223 e. The van der Waals surface area contributed by atoms with Crippen molar-refractivity contribution in [3.63, 3.8) is 0 Å². The summed E-state index contributed by atoms with van der Waals surface area (Å²) >= 11 is 0. The minimum Gasteiger partial charge on any atom is -0.356 e. The molecule has 64 valence electrons. The SMILES string of the molecule is CC(C)(C)C[C@@H]1CCNC1=O. The lowest BCUT2D eigenvalue weighted by Gasteiger charge is -2.20. The molecule has 0 saturated carbocycles. The topological polar surface area (TPSA) is 29.1 Å². The Morgan fingerprint density at radius 2 is 2.18 bits per heavy atom. The van der Waals surface area contributed by atoms with E-state index >= 15 is 0 Å². The highest BCUT2D eigenvalue weighted by molar-refractivity contribution is 5.80. The quantitative estimate of drug-likeness (QED) is 0.611. The van der Waals surface area contributed by atoms with Gasteiger partial charge in [0.05, 0.1) is 0 Å². The van der Waals surface area contributed by atoms with E-state index in [4.69, 9.17) is 0 Å². The largest absolute Gasteiger partial charge is 0.356 e. The average Bonchev–Trinajstić information content (AvgIpc) is 2.12. The maximum atomic E-state index is 11.1. The first-order valence-corrected chi connectivity index (χ1v) is 4.27. The Balaban J connectivity index is 2.43. The number of rotatable bonds is 1. The predicted octanol–water partition coefficient (Wildman–Crippen LogP) is 1.56. The van der Waals surface area contributed by atoms with E-state index in [0.717, 1.165) is 19.4 Å². The molecule has 0 aromatic heterocycles. The zero-order valence-electron chi connectivity index (χ0n) is 7.61. The second kappa shape index (κ2) is 2.84. The molecule has 11 heavy (non-hydrogen) atoms. The van der Waals surface area contributed by atoms with Gasteiger partial charge in [-0.05, 0) is 18.3 Å². The fourth-order valence-electron chi connectivity index (χ4n) is 1.58. The van der Waals surface area contributed by atoms with Gasteiger partial charge < -0.3 is 5.32 Å². The zero-order valence-corrected chi connectivity index (χ0v) is 7.61. The predicted molar refractivity (Wildman–Crippen MR) is 45.2 cm³/mol. The van der Waals surface area contributed by atoms with Crippen molar-refractivity contribution in [3.8, 4) is 0 Å². The summed E-state index contributed by atoms with van der Waals surface area (Å²) < 4.78 is 0. The van der Waals surface area contributed by atoms with Gasteiger partial charge in [-0.1, -0.05) is 20.8 Å². The van der Waals surface area contributed by atoms with Gasteiger partial charge in [0.2, 0.25) is 5.91 Å². The molecule has 0 aromatic carbocycles. The van der Waals surface area contributed by atoms with Crippen LogP contribution in [-0.4, -0.2) is 12.5 Å². The Morgan fingerprint density at radius 1 is 1.55 bits per heavy atom. The molecule has 0 radical (unpaired) electrons. The molecule has 1 N–H and O–H groups in total. The van der Waals surface area contributed by atoms with Gasteiger partial charge in [0.25, 0.3) is 0 Å². The fourth-order valence-corrected chi connectivity index (χ4v) is 1.58.